The lowest BCUT2D eigenvalue weighted by Gasteiger charge is -2.44. The average Bonchev–Trinajstić information content (AvgIpc) is 3.28. The molecule has 0 unspecified atom stereocenters. The predicted octanol–water partition coefficient (Wildman–Crippen LogP) is 6.31. The Morgan fingerprint density at radius 1 is 1.08 bits per heavy atom. The Labute approximate surface area is 227 Å². The van der Waals surface area contributed by atoms with E-state index in [1.165, 1.54) is 22.3 Å². The van der Waals surface area contributed by atoms with Gasteiger partial charge in [0.2, 0.25) is 0 Å². The number of aromatic nitrogens is 1. The van der Waals surface area contributed by atoms with Crippen LogP contribution in [-0.2, 0) is 15.7 Å². The van der Waals surface area contributed by atoms with Gasteiger partial charge in [-0.05, 0) is 61.4 Å². The van der Waals surface area contributed by atoms with Crippen molar-refractivity contribution in [2.24, 2.45) is 0 Å². The molecule has 2 heterocycles. The van der Waals surface area contributed by atoms with Crippen molar-refractivity contribution in [2.45, 2.75) is 24.4 Å². The average molecular weight is 601 g/mol. The molecule has 190 valence electrons. The molecule has 1 N–H and O–H groups in total. The Balaban J connectivity index is 1.33. The van der Waals surface area contributed by atoms with E-state index in [9.17, 15) is 13.2 Å². The fourth-order valence-corrected chi connectivity index (χ4v) is 6.49. The molecule has 0 atom stereocenters. The fourth-order valence-electron chi connectivity index (χ4n) is 4.29. The number of nitrogens with one attached hydrogen (secondary N) is 1. The van der Waals surface area contributed by atoms with E-state index in [2.05, 4.69) is 25.6 Å². The van der Waals surface area contributed by atoms with Crippen molar-refractivity contribution in [2.75, 3.05) is 17.8 Å². The fraction of sp³-hybridized carbons (Fsp3) is 0.185. The van der Waals surface area contributed by atoms with E-state index < -0.39 is 15.7 Å². The van der Waals surface area contributed by atoms with Crippen LogP contribution in [0.2, 0.25) is 0 Å². The lowest BCUT2D eigenvalue weighted by atomic mass is 9.87. The highest BCUT2D eigenvalue weighted by atomic mass is 79.9. The number of halogens is 2. The maximum absolute atomic E-state index is 15.3. The van der Waals surface area contributed by atoms with Gasteiger partial charge in [-0.3, -0.25) is 9.52 Å². The number of amides is 1. The van der Waals surface area contributed by atoms with Gasteiger partial charge in [-0.2, -0.15) is 0 Å². The number of hydrogen-bond donors (Lipinski definition) is 1. The van der Waals surface area contributed by atoms with Gasteiger partial charge < -0.3 is 4.90 Å². The Kier molecular flexibility index (Phi) is 6.68. The van der Waals surface area contributed by atoms with E-state index in [4.69, 9.17) is 0 Å². The quantitative estimate of drug-likeness (QED) is 0.281. The summed E-state index contributed by atoms with van der Waals surface area (Å²) in [6, 6.07) is 18.4. The van der Waals surface area contributed by atoms with Crippen LogP contribution in [0.1, 0.15) is 26.5 Å². The zero-order chi connectivity index (χ0) is 26.4. The molecule has 1 aliphatic heterocycles. The van der Waals surface area contributed by atoms with Crippen molar-refractivity contribution in [3.05, 3.63) is 98.3 Å². The second kappa shape index (κ2) is 9.66. The van der Waals surface area contributed by atoms with Crippen LogP contribution < -0.4 is 4.72 Å². The number of aryl methyl sites for hydroxylation is 2. The lowest BCUT2D eigenvalue weighted by molar-refractivity contribution is -0.0231. The number of anilines is 1. The van der Waals surface area contributed by atoms with Gasteiger partial charge >= 0.3 is 0 Å². The largest absolute Gasteiger partial charge is 0.331 e. The van der Waals surface area contributed by atoms with Crippen LogP contribution in [0.25, 0.3) is 11.3 Å². The topological polar surface area (TPSA) is 79.4 Å². The maximum atomic E-state index is 15.3. The molecule has 0 radical (unpaired) electrons. The summed E-state index contributed by atoms with van der Waals surface area (Å²) < 4.78 is 45.3. The summed E-state index contributed by atoms with van der Waals surface area (Å²) in [6.45, 7) is 3.49. The minimum atomic E-state index is -3.94. The van der Waals surface area contributed by atoms with E-state index in [1.54, 1.807) is 61.5 Å². The normalized spacial score (nSPS) is 14.8. The van der Waals surface area contributed by atoms with E-state index in [-0.39, 0.29) is 35.1 Å². The number of carbonyl (C=O) groups excluding carboxylic acids is 1. The summed E-state index contributed by atoms with van der Waals surface area (Å²) in [7, 11) is -3.94. The van der Waals surface area contributed by atoms with Gasteiger partial charge in [0.25, 0.3) is 15.9 Å². The van der Waals surface area contributed by atoms with Crippen LogP contribution in [0.15, 0.2) is 81.5 Å². The highest BCUT2D eigenvalue weighted by Crippen LogP contribution is 2.37. The van der Waals surface area contributed by atoms with Crippen LogP contribution in [0.5, 0.6) is 0 Å². The molecule has 37 heavy (non-hydrogen) atoms. The van der Waals surface area contributed by atoms with Crippen molar-refractivity contribution in [1.82, 2.24) is 9.88 Å². The first-order valence-electron chi connectivity index (χ1n) is 11.4. The van der Waals surface area contributed by atoms with Gasteiger partial charge in [0, 0.05) is 26.7 Å². The second-order valence-corrected chi connectivity index (χ2v) is 12.7. The highest BCUT2D eigenvalue weighted by molar-refractivity contribution is 9.10. The van der Waals surface area contributed by atoms with Crippen molar-refractivity contribution in [3.63, 3.8) is 0 Å². The number of sulfonamides is 1. The maximum Gasteiger partial charge on any atom is 0.262 e. The first-order valence-corrected chi connectivity index (χ1v) is 14.6. The number of likely N-dealkylation sites (tertiary alicyclic amines) is 1. The molecule has 10 heteroatoms. The van der Waals surface area contributed by atoms with E-state index in [0.717, 1.165) is 9.48 Å². The van der Waals surface area contributed by atoms with Gasteiger partial charge in [0.1, 0.15) is 0 Å². The van der Waals surface area contributed by atoms with Crippen molar-refractivity contribution >= 4 is 48.9 Å². The third-order valence-corrected chi connectivity index (χ3v) is 9.11. The molecular formula is C27H23BrFN3O3S2. The zero-order valence-corrected chi connectivity index (χ0v) is 23.3. The SMILES string of the molecule is Cc1nc(-c2ccc(C)c(S(=O)(=O)Nc3cccc(C(=O)N4CC(F)(c5ccc(Br)cc5)C4)c3)c2)cs1. The first kappa shape index (κ1) is 25.6. The lowest BCUT2D eigenvalue weighted by Crippen LogP contribution is -2.58. The number of carbonyl (C=O) groups is 1. The van der Waals surface area contributed by atoms with Crippen LogP contribution in [0.4, 0.5) is 10.1 Å². The molecule has 3 aromatic carbocycles. The van der Waals surface area contributed by atoms with Crippen molar-refractivity contribution in [1.29, 1.82) is 0 Å². The Hall–Kier alpha value is -3.08. The van der Waals surface area contributed by atoms with Gasteiger partial charge in [-0.25, -0.2) is 17.8 Å². The van der Waals surface area contributed by atoms with E-state index in [0.29, 0.717) is 22.4 Å². The summed E-state index contributed by atoms with van der Waals surface area (Å²) in [5.41, 5.74) is 1.45. The minimum absolute atomic E-state index is 0.0640. The smallest absolute Gasteiger partial charge is 0.262 e. The molecule has 1 aromatic heterocycles. The molecule has 0 aliphatic carbocycles. The molecule has 1 amide bonds. The van der Waals surface area contributed by atoms with Gasteiger partial charge in [-0.15, -0.1) is 11.3 Å². The molecule has 4 aromatic rings. The summed E-state index contributed by atoms with van der Waals surface area (Å²) in [6.07, 6.45) is 0. The molecule has 0 saturated carbocycles. The highest BCUT2D eigenvalue weighted by Gasteiger charge is 2.47. The number of nitrogens with zero attached hydrogens (tertiary/aromatic N) is 2. The number of alkyl halides is 1. The number of rotatable bonds is 6. The molecule has 5 rings (SSSR count). The Morgan fingerprint density at radius 3 is 2.49 bits per heavy atom. The van der Waals surface area contributed by atoms with Gasteiger partial charge in [-0.1, -0.05) is 46.3 Å². The molecule has 1 fully saturated rings. The zero-order valence-electron chi connectivity index (χ0n) is 20.0. The van der Waals surface area contributed by atoms with Crippen LogP contribution in [0.3, 0.4) is 0 Å². The summed E-state index contributed by atoms with van der Waals surface area (Å²) in [5.74, 6) is -0.358. The number of benzene rings is 3. The van der Waals surface area contributed by atoms with Crippen LogP contribution >= 0.6 is 27.3 Å². The van der Waals surface area contributed by atoms with Crippen LogP contribution in [0, 0.1) is 13.8 Å². The number of thiazole rings is 1. The molecule has 1 saturated heterocycles. The van der Waals surface area contributed by atoms with Crippen molar-refractivity contribution in [3.8, 4) is 11.3 Å². The molecular weight excluding hydrogens is 577 g/mol. The molecule has 1 aliphatic rings. The minimum Gasteiger partial charge on any atom is -0.331 e. The summed E-state index contributed by atoms with van der Waals surface area (Å²) in [5, 5.41) is 2.78. The number of hydrogen-bond acceptors (Lipinski definition) is 5. The Morgan fingerprint density at radius 2 is 1.81 bits per heavy atom. The third kappa shape index (κ3) is 5.18. The third-order valence-electron chi connectivity index (χ3n) is 6.29. The molecule has 0 spiro atoms. The summed E-state index contributed by atoms with van der Waals surface area (Å²) in [4.78, 5) is 19.0. The van der Waals surface area contributed by atoms with E-state index in [1.807, 2.05) is 18.4 Å². The van der Waals surface area contributed by atoms with Gasteiger partial charge in [0.15, 0.2) is 5.67 Å². The summed E-state index contributed by atoms with van der Waals surface area (Å²) >= 11 is 4.83. The van der Waals surface area contributed by atoms with Crippen molar-refractivity contribution < 1.29 is 17.6 Å². The standard InChI is InChI=1S/C27H23BrFN3O3S2/c1-17-6-7-19(24-14-36-18(2)30-24)13-25(17)37(34,35)31-23-5-3-4-20(12-23)26(33)32-15-27(29,16-32)21-8-10-22(28)11-9-21/h3-14,31H,15-16H2,1-2H3. The Bertz CT molecular complexity index is 1600. The second-order valence-electron chi connectivity index (χ2n) is 9.05. The predicted molar refractivity (Wildman–Crippen MR) is 147 cm³/mol. The monoisotopic (exact) mass is 599 g/mol. The van der Waals surface area contributed by atoms with Gasteiger partial charge in [0.05, 0.1) is 28.7 Å². The molecule has 6 nitrogen and oxygen atoms in total. The van der Waals surface area contributed by atoms with Crippen LogP contribution in [-0.4, -0.2) is 37.3 Å². The van der Waals surface area contributed by atoms with E-state index >= 15 is 4.39 Å². The molecule has 0 bridgehead atoms. The first-order chi connectivity index (χ1) is 17.5.